The Labute approximate surface area is 118 Å². The quantitative estimate of drug-likeness (QED) is 0.536. The van der Waals surface area contributed by atoms with Crippen LogP contribution in [0.2, 0.25) is 0 Å². The molecule has 0 amide bonds. The van der Waals surface area contributed by atoms with E-state index in [-0.39, 0.29) is 6.29 Å². The summed E-state index contributed by atoms with van der Waals surface area (Å²) in [6.45, 7) is 3.38. The molecule has 1 saturated heterocycles. The van der Waals surface area contributed by atoms with Gasteiger partial charge in [0, 0.05) is 25.9 Å². The Bertz CT molecular complexity index is 321. The average Bonchev–Trinajstić information content (AvgIpc) is 2.46. The molecular weight excluding hydrogens is 236 g/mol. The Balaban J connectivity index is 1.91. The van der Waals surface area contributed by atoms with Crippen molar-refractivity contribution in [3.63, 3.8) is 0 Å². The molecule has 1 fully saturated rings. The maximum Gasteiger partial charge on any atom is 0.158 e. The summed E-state index contributed by atoms with van der Waals surface area (Å²) in [6, 6.07) is 0. The van der Waals surface area contributed by atoms with Crippen LogP contribution < -0.4 is 0 Å². The first-order valence-corrected chi connectivity index (χ1v) is 7.36. The number of rotatable bonds is 6. The topological polar surface area (TPSA) is 18.5 Å². The third kappa shape index (κ3) is 9.60. The second kappa shape index (κ2) is 12.1. The Morgan fingerprint density at radius 3 is 2.63 bits per heavy atom. The standard InChI is InChI=1S/C17H25O2/c1-2-3-4-5-6-7-8-9-10-12-15-18-17-14-11-13-16-19-17/h2,17H,3-4,7-9,11,13-16H2,1H3. The van der Waals surface area contributed by atoms with Gasteiger partial charge in [0.25, 0.3) is 0 Å². The molecule has 1 rings (SSSR count). The van der Waals surface area contributed by atoms with Crippen LogP contribution in [0.4, 0.5) is 0 Å². The highest BCUT2D eigenvalue weighted by Crippen LogP contribution is 2.12. The van der Waals surface area contributed by atoms with E-state index in [9.17, 15) is 0 Å². The highest BCUT2D eigenvalue weighted by Gasteiger charge is 2.12. The van der Waals surface area contributed by atoms with Crippen LogP contribution in [0.5, 0.6) is 0 Å². The average molecular weight is 261 g/mol. The van der Waals surface area contributed by atoms with Crippen LogP contribution in [-0.4, -0.2) is 19.5 Å². The summed E-state index contributed by atoms with van der Waals surface area (Å²) >= 11 is 0. The van der Waals surface area contributed by atoms with Gasteiger partial charge < -0.3 is 9.47 Å². The summed E-state index contributed by atoms with van der Waals surface area (Å²) in [6.07, 6.45) is 10.5. The van der Waals surface area contributed by atoms with Crippen molar-refractivity contribution in [1.29, 1.82) is 0 Å². The van der Waals surface area contributed by atoms with Crippen molar-refractivity contribution in [2.45, 2.75) is 64.6 Å². The zero-order valence-corrected chi connectivity index (χ0v) is 12.0. The molecule has 1 atom stereocenters. The SMILES string of the molecule is C[CH]CCC#CCCCC#CCOC1CCCCO1. The molecule has 19 heavy (non-hydrogen) atoms. The molecule has 0 saturated carbocycles. The van der Waals surface area contributed by atoms with Crippen molar-refractivity contribution < 1.29 is 9.47 Å². The van der Waals surface area contributed by atoms with Crippen molar-refractivity contribution in [2.75, 3.05) is 13.2 Å². The van der Waals surface area contributed by atoms with Gasteiger partial charge in [-0.25, -0.2) is 0 Å². The van der Waals surface area contributed by atoms with E-state index >= 15 is 0 Å². The van der Waals surface area contributed by atoms with Crippen LogP contribution in [0.1, 0.15) is 58.3 Å². The lowest BCUT2D eigenvalue weighted by atomic mass is 10.2. The third-order valence-electron chi connectivity index (χ3n) is 2.89. The van der Waals surface area contributed by atoms with Gasteiger partial charge in [-0.1, -0.05) is 12.8 Å². The summed E-state index contributed by atoms with van der Waals surface area (Å²) in [4.78, 5) is 0. The van der Waals surface area contributed by atoms with Gasteiger partial charge >= 0.3 is 0 Å². The van der Waals surface area contributed by atoms with Crippen molar-refractivity contribution >= 4 is 0 Å². The molecule has 0 bridgehead atoms. The summed E-state index contributed by atoms with van der Waals surface area (Å²) < 4.78 is 11.0. The molecule has 0 aromatic rings. The van der Waals surface area contributed by atoms with Gasteiger partial charge in [0.2, 0.25) is 0 Å². The number of hydrogen-bond donors (Lipinski definition) is 0. The first kappa shape index (κ1) is 16.1. The van der Waals surface area contributed by atoms with Crippen LogP contribution in [0.15, 0.2) is 0 Å². The number of unbranched alkanes of at least 4 members (excludes halogenated alkanes) is 4. The third-order valence-corrected chi connectivity index (χ3v) is 2.89. The number of hydrogen-bond acceptors (Lipinski definition) is 2. The Hall–Kier alpha value is -0.960. The maximum absolute atomic E-state index is 5.53. The van der Waals surface area contributed by atoms with Crippen molar-refractivity contribution in [3.8, 4) is 23.7 Å². The van der Waals surface area contributed by atoms with Gasteiger partial charge in [-0.3, -0.25) is 0 Å². The van der Waals surface area contributed by atoms with E-state index in [0.29, 0.717) is 6.61 Å². The normalized spacial score (nSPS) is 18.1. The maximum atomic E-state index is 5.53. The van der Waals surface area contributed by atoms with Crippen LogP contribution in [-0.2, 0) is 9.47 Å². The summed E-state index contributed by atoms with van der Waals surface area (Å²) in [5, 5.41) is 0. The van der Waals surface area contributed by atoms with E-state index in [1.807, 2.05) is 0 Å². The van der Waals surface area contributed by atoms with Gasteiger partial charge in [0.1, 0.15) is 6.61 Å². The van der Waals surface area contributed by atoms with Crippen LogP contribution in [0.3, 0.4) is 0 Å². The van der Waals surface area contributed by atoms with Crippen molar-refractivity contribution in [3.05, 3.63) is 6.42 Å². The second-order valence-electron chi connectivity index (χ2n) is 4.61. The van der Waals surface area contributed by atoms with Gasteiger partial charge in [0.05, 0.1) is 0 Å². The lowest BCUT2D eigenvalue weighted by Gasteiger charge is -2.21. The fourth-order valence-electron chi connectivity index (χ4n) is 1.78. The molecule has 1 unspecified atom stereocenters. The van der Waals surface area contributed by atoms with E-state index in [1.165, 1.54) is 6.42 Å². The minimum Gasteiger partial charge on any atom is -0.353 e. The van der Waals surface area contributed by atoms with E-state index in [4.69, 9.17) is 9.47 Å². The van der Waals surface area contributed by atoms with Crippen LogP contribution >= 0.6 is 0 Å². The Kier molecular flexibility index (Phi) is 10.2. The molecule has 0 aromatic carbocycles. The first-order chi connectivity index (χ1) is 9.43. The fraction of sp³-hybridized carbons (Fsp3) is 0.706. The van der Waals surface area contributed by atoms with Gasteiger partial charge in [-0.2, -0.15) is 0 Å². The number of ether oxygens (including phenoxy) is 2. The lowest BCUT2D eigenvalue weighted by Crippen LogP contribution is -2.22. The molecule has 2 nitrogen and oxygen atoms in total. The smallest absolute Gasteiger partial charge is 0.158 e. The second-order valence-corrected chi connectivity index (χ2v) is 4.61. The van der Waals surface area contributed by atoms with E-state index < -0.39 is 0 Å². The molecule has 1 aliphatic heterocycles. The molecule has 2 heteroatoms. The first-order valence-electron chi connectivity index (χ1n) is 7.36. The monoisotopic (exact) mass is 261 g/mol. The van der Waals surface area contributed by atoms with Crippen LogP contribution in [0, 0.1) is 30.1 Å². The lowest BCUT2D eigenvalue weighted by molar-refractivity contribution is -0.154. The Morgan fingerprint density at radius 1 is 1.11 bits per heavy atom. The molecule has 0 spiro atoms. The van der Waals surface area contributed by atoms with Crippen LogP contribution in [0.25, 0.3) is 0 Å². The highest BCUT2D eigenvalue weighted by atomic mass is 16.7. The van der Waals surface area contributed by atoms with Gasteiger partial charge in [-0.15, -0.1) is 17.8 Å². The Morgan fingerprint density at radius 2 is 1.89 bits per heavy atom. The zero-order chi connectivity index (χ0) is 13.6. The fourth-order valence-corrected chi connectivity index (χ4v) is 1.78. The van der Waals surface area contributed by atoms with Crippen molar-refractivity contribution in [1.82, 2.24) is 0 Å². The molecule has 0 N–H and O–H groups in total. The molecule has 105 valence electrons. The summed E-state index contributed by atoms with van der Waals surface area (Å²) in [5.41, 5.74) is 0. The molecule has 1 aliphatic rings. The predicted octanol–water partition coefficient (Wildman–Crippen LogP) is 3.71. The largest absolute Gasteiger partial charge is 0.353 e. The van der Waals surface area contributed by atoms with Crippen molar-refractivity contribution in [2.24, 2.45) is 0 Å². The highest BCUT2D eigenvalue weighted by molar-refractivity contribution is 5.02. The summed E-state index contributed by atoms with van der Waals surface area (Å²) in [5.74, 6) is 12.5. The molecule has 0 aromatic heterocycles. The molecule has 1 radical (unpaired) electrons. The van der Waals surface area contributed by atoms with E-state index in [1.54, 1.807) is 0 Å². The van der Waals surface area contributed by atoms with Gasteiger partial charge in [-0.05, 0) is 38.5 Å². The molecular formula is C17H25O2. The van der Waals surface area contributed by atoms with E-state index in [2.05, 4.69) is 37.0 Å². The zero-order valence-electron chi connectivity index (χ0n) is 12.0. The minimum atomic E-state index is -0.0238. The van der Waals surface area contributed by atoms with Gasteiger partial charge in [0.15, 0.2) is 6.29 Å². The summed E-state index contributed by atoms with van der Waals surface area (Å²) in [7, 11) is 0. The molecule has 1 heterocycles. The van der Waals surface area contributed by atoms with E-state index in [0.717, 1.165) is 51.6 Å². The molecule has 0 aliphatic carbocycles. The minimum absolute atomic E-state index is 0.0238. The predicted molar refractivity (Wildman–Crippen MR) is 78.2 cm³/mol.